The van der Waals surface area contributed by atoms with Gasteiger partial charge >= 0.3 is 0 Å². The van der Waals surface area contributed by atoms with E-state index in [0.29, 0.717) is 18.7 Å². The third-order valence-corrected chi connectivity index (χ3v) is 6.05. The maximum absolute atomic E-state index is 13.3. The van der Waals surface area contributed by atoms with E-state index >= 15 is 0 Å². The van der Waals surface area contributed by atoms with E-state index in [9.17, 15) is 14.4 Å². The number of Topliss-reactive ketones (excluding diaryl/α,β-unsaturated/α-hetero) is 1. The summed E-state index contributed by atoms with van der Waals surface area (Å²) >= 11 is 0. The lowest BCUT2D eigenvalue weighted by molar-refractivity contribution is -0.140. The molecule has 2 atom stereocenters. The Morgan fingerprint density at radius 2 is 1.60 bits per heavy atom. The SMILES string of the molecule is O=C(NCc1ccccn1)C(=O)C(Cc1ccccc1)NC(=O)C1CCCN1Cc1ccccn1. The normalized spacial score (nSPS) is 16.4. The Hall–Kier alpha value is -3.91. The average Bonchev–Trinajstić information content (AvgIpc) is 3.36. The van der Waals surface area contributed by atoms with E-state index in [1.54, 1.807) is 24.5 Å². The van der Waals surface area contributed by atoms with Gasteiger partial charge in [0.25, 0.3) is 5.91 Å². The lowest BCUT2D eigenvalue weighted by Crippen LogP contribution is -2.53. The summed E-state index contributed by atoms with van der Waals surface area (Å²) < 4.78 is 0. The van der Waals surface area contributed by atoms with Crippen molar-refractivity contribution in [1.82, 2.24) is 25.5 Å². The van der Waals surface area contributed by atoms with Gasteiger partial charge in [-0.25, -0.2) is 0 Å². The van der Waals surface area contributed by atoms with Crippen LogP contribution in [-0.4, -0.2) is 51.1 Å². The number of ketones is 1. The molecule has 0 radical (unpaired) electrons. The molecule has 0 spiro atoms. The maximum Gasteiger partial charge on any atom is 0.289 e. The van der Waals surface area contributed by atoms with Crippen LogP contribution >= 0.6 is 0 Å². The molecule has 1 saturated heterocycles. The summed E-state index contributed by atoms with van der Waals surface area (Å²) in [7, 11) is 0. The lowest BCUT2D eigenvalue weighted by atomic mass is 10.0. The van der Waals surface area contributed by atoms with Crippen LogP contribution in [0, 0.1) is 0 Å². The van der Waals surface area contributed by atoms with Crippen LogP contribution in [0.1, 0.15) is 29.8 Å². The number of benzene rings is 1. The summed E-state index contributed by atoms with van der Waals surface area (Å²) in [4.78, 5) is 49.7. The molecule has 180 valence electrons. The molecule has 2 aromatic heterocycles. The van der Waals surface area contributed by atoms with Gasteiger partial charge in [0.15, 0.2) is 0 Å². The van der Waals surface area contributed by atoms with Gasteiger partial charge in [0.05, 0.1) is 24.0 Å². The zero-order valence-corrected chi connectivity index (χ0v) is 19.5. The summed E-state index contributed by atoms with van der Waals surface area (Å²) in [6.07, 6.45) is 5.16. The maximum atomic E-state index is 13.3. The van der Waals surface area contributed by atoms with Gasteiger partial charge in [0, 0.05) is 25.4 Å². The van der Waals surface area contributed by atoms with Gasteiger partial charge in [-0.05, 0) is 49.2 Å². The van der Waals surface area contributed by atoms with Gasteiger partial charge in [-0.15, -0.1) is 0 Å². The summed E-state index contributed by atoms with van der Waals surface area (Å²) in [6.45, 7) is 1.47. The molecule has 1 aliphatic rings. The Labute approximate surface area is 204 Å². The molecule has 2 amide bonds. The first-order valence-electron chi connectivity index (χ1n) is 11.8. The van der Waals surface area contributed by atoms with Crippen LogP contribution in [0.25, 0.3) is 0 Å². The molecule has 4 rings (SSSR count). The number of aromatic nitrogens is 2. The third kappa shape index (κ3) is 6.80. The Kier molecular flexibility index (Phi) is 8.30. The number of hydrogen-bond donors (Lipinski definition) is 2. The molecular formula is C27H29N5O3. The number of rotatable bonds is 10. The van der Waals surface area contributed by atoms with Crippen molar-refractivity contribution < 1.29 is 14.4 Å². The fourth-order valence-corrected chi connectivity index (χ4v) is 4.26. The van der Waals surface area contributed by atoms with Gasteiger partial charge in [-0.2, -0.15) is 0 Å². The number of nitrogens with one attached hydrogen (secondary N) is 2. The molecule has 8 nitrogen and oxygen atoms in total. The van der Waals surface area contributed by atoms with E-state index in [1.807, 2.05) is 54.6 Å². The third-order valence-electron chi connectivity index (χ3n) is 6.05. The fourth-order valence-electron chi connectivity index (χ4n) is 4.26. The smallest absolute Gasteiger partial charge is 0.289 e. The molecule has 2 N–H and O–H groups in total. The Morgan fingerprint density at radius 1 is 0.914 bits per heavy atom. The van der Waals surface area contributed by atoms with Crippen LogP contribution in [0.2, 0.25) is 0 Å². The molecule has 0 saturated carbocycles. The van der Waals surface area contributed by atoms with Crippen LogP contribution in [0.4, 0.5) is 0 Å². The minimum absolute atomic E-state index is 0.137. The number of carbonyl (C=O) groups excluding carboxylic acids is 3. The predicted octanol–water partition coefficient (Wildman–Crippen LogP) is 2.05. The zero-order chi connectivity index (χ0) is 24.5. The molecule has 8 heteroatoms. The highest BCUT2D eigenvalue weighted by atomic mass is 16.2. The van der Waals surface area contributed by atoms with Crippen LogP contribution in [0.5, 0.6) is 0 Å². The van der Waals surface area contributed by atoms with Crippen LogP contribution in [-0.2, 0) is 33.9 Å². The molecule has 1 aliphatic heterocycles. The van der Waals surface area contributed by atoms with Crippen molar-refractivity contribution in [1.29, 1.82) is 0 Å². The van der Waals surface area contributed by atoms with Crippen molar-refractivity contribution in [3.63, 3.8) is 0 Å². The fraction of sp³-hybridized carbons (Fsp3) is 0.296. The minimum Gasteiger partial charge on any atom is -0.344 e. The van der Waals surface area contributed by atoms with Gasteiger partial charge in [0.2, 0.25) is 11.7 Å². The second kappa shape index (κ2) is 12.0. The summed E-state index contributed by atoms with van der Waals surface area (Å²) in [5.41, 5.74) is 2.40. The number of pyridine rings is 2. The van der Waals surface area contributed by atoms with Gasteiger partial charge < -0.3 is 10.6 Å². The molecule has 1 fully saturated rings. The number of likely N-dealkylation sites (tertiary alicyclic amines) is 1. The topological polar surface area (TPSA) is 104 Å². The largest absolute Gasteiger partial charge is 0.344 e. The van der Waals surface area contributed by atoms with Crippen molar-refractivity contribution in [2.75, 3.05) is 6.54 Å². The van der Waals surface area contributed by atoms with Crippen molar-refractivity contribution in [3.05, 3.63) is 96.1 Å². The molecule has 0 aliphatic carbocycles. The average molecular weight is 472 g/mol. The predicted molar refractivity (Wildman–Crippen MR) is 131 cm³/mol. The standard InChI is InChI=1S/C27H29N5O3/c33-25(27(35)30-18-21-11-4-6-14-28-21)23(17-20-9-2-1-3-10-20)31-26(34)24-13-8-16-32(24)19-22-12-5-7-15-29-22/h1-7,9-12,14-15,23-24H,8,13,16-19H2,(H,30,35)(H,31,34). The molecule has 2 unspecified atom stereocenters. The molecule has 3 heterocycles. The van der Waals surface area contributed by atoms with Crippen LogP contribution in [0.3, 0.4) is 0 Å². The van der Waals surface area contributed by atoms with Gasteiger partial charge in [0.1, 0.15) is 6.04 Å². The van der Waals surface area contributed by atoms with E-state index in [2.05, 4.69) is 25.5 Å². The minimum atomic E-state index is -0.967. The lowest BCUT2D eigenvalue weighted by Gasteiger charge is -2.26. The first-order chi connectivity index (χ1) is 17.1. The number of nitrogens with zero attached hydrogens (tertiary/aromatic N) is 3. The van der Waals surface area contributed by atoms with E-state index < -0.39 is 17.7 Å². The summed E-state index contributed by atoms with van der Waals surface area (Å²) in [6, 6.07) is 19.1. The Balaban J connectivity index is 1.44. The highest BCUT2D eigenvalue weighted by molar-refractivity contribution is 6.38. The quantitative estimate of drug-likeness (QED) is 0.439. The van der Waals surface area contributed by atoms with Crippen molar-refractivity contribution >= 4 is 17.6 Å². The van der Waals surface area contributed by atoms with Gasteiger partial charge in [-0.1, -0.05) is 42.5 Å². The highest BCUT2D eigenvalue weighted by Gasteiger charge is 2.34. The molecule has 3 aromatic rings. The molecule has 35 heavy (non-hydrogen) atoms. The van der Waals surface area contributed by atoms with Crippen molar-refractivity contribution in [2.45, 2.75) is 44.4 Å². The second-order valence-electron chi connectivity index (χ2n) is 8.57. The first kappa shape index (κ1) is 24.2. The van der Waals surface area contributed by atoms with Crippen molar-refractivity contribution in [3.8, 4) is 0 Å². The van der Waals surface area contributed by atoms with Gasteiger partial charge in [-0.3, -0.25) is 29.3 Å². The monoisotopic (exact) mass is 471 g/mol. The molecule has 0 bridgehead atoms. The Morgan fingerprint density at radius 3 is 2.29 bits per heavy atom. The number of hydrogen-bond acceptors (Lipinski definition) is 6. The highest BCUT2D eigenvalue weighted by Crippen LogP contribution is 2.20. The van der Waals surface area contributed by atoms with E-state index in [4.69, 9.17) is 0 Å². The molecular weight excluding hydrogens is 442 g/mol. The number of carbonyl (C=O) groups is 3. The zero-order valence-electron chi connectivity index (χ0n) is 19.5. The first-order valence-corrected chi connectivity index (χ1v) is 11.8. The summed E-state index contributed by atoms with van der Waals surface area (Å²) in [5, 5.41) is 5.50. The Bertz CT molecular complexity index is 1130. The van der Waals surface area contributed by atoms with E-state index in [1.165, 1.54) is 0 Å². The second-order valence-corrected chi connectivity index (χ2v) is 8.57. The van der Waals surface area contributed by atoms with Crippen LogP contribution < -0.4 is 10.6 Å². The number of amides is 2. The summed E-state index contributed by atoms with van der Waals surface area (Å²) in [5.74, 6) is -1.66. The van der Waals surface area contributed by atoms with E-state index in [0.717, 1.165) is 24.2 Å². The van der Waals surface area contributed by atoms with Crippen molar-refractivity contribution in [2.24, 2.45) is 0 Å². The van der Waals surface area contributed by atoms with E-state index in [-0.39, 0.29) is 24.9 Å². The van der Waals surface area contributed by atoms with Crippen LogP contribution in [0.15, 0.2) is 79.1 Å². The molecule has 1 aromatic carbocycles.